The number of hydrogen-bond acceptors (Lipinski definition) is 5. The van der Waals surface area contributed by atoms with Crippen LogP contribution in [0.25, 0.3) is 11.4 Å². The van der Waals surface area contributed by atoms with Crippen molar-refractivity contribution >= 4 is 5.95 Å². The van der Waals surface area contributed by atoms with Gasteiger partial charge in [0.2, 0.25) is 5.95 Å². The summed E-state index contributed by atoms with van der Waals surface area (Å²) in [4.78, 5) is 18.5. The molecule has 3 aromatic heterocycles. The largest absolute Gasteiger partial charge is 0.360 e. The number of piperidine rings is 1. The highest BCUT2D eigenvalue weighted by molar-refractivity contribution is 5.54. The van der Waals surface area contributed by atoms with Crippen molar-refractivity contribution in [2.24, 2.45) is 5.92 Å². The first kappa shape index (κ1) is 17.6. The van der Waals surface area contributed by atoms with Crippen molar-refractivity contribution in [1.82, 2.24) is 25.3 Å². The van der Waals surface area contributed by atoms with Gasteiger partial charge in [-0.05, 0) is 49.6 Å². The highest BCUT2D eigenvalue weighted by atomic mass is 19.1. The molecule has 0 amide bonds. The fraction of sp³-hybridized carbons (Fsp3) is 0.350. The number of aromatic amines is 1. The third-order valence-corrected chi connectivity index (χ3v) is 4.91. The maximum Gasteiger partial charge on any atom is 0.225 e. The van der Waals surface area contributed by atoms with Crippen LogP contribution in [0.5, 0.6) is 0 Å². The highest BCUT2D eigenvalue weighted by Gasteiger charge is 2.20. The fourth-order valence-corrected chi connectivity index (χ4v) is 3.46. The van der Waals surface area contributed by atoms with Crippen LogP contribution in [-0.2, 0) is 6.54 Å². The van der Waals surface area contributed by atoms with Gasteiger partial charge in [0, 0.05) is 44.3 Å². The summed E-state index contributed by atoms with van der Waals surface area (Å²) in [6, 6.07) is 8.56. The lowest BCUT2D eigenvalue weighted by Gasteiger charge is -2.32. The second-order valence-electron chi connectivity index (χ2n) is 6.86. The van der Waals surface area contributed by atoms with Gasteiger partial charge in [-0.15, -0.1) is 0 Å². The Kier molecular flexibility index (Phi) is 5.39. The first-order valence-electron chi connectivity index (χ1n) is 9.31. The van der Waals surface area contributed by atoms with E-state index in [1.54, 1.807) is 12.4 Å². The molecule has 0 spiro atoms. The molecule has 4 heterocycles. The second-order valence-corrected chi connectivity index (χ2v) is 6.86. The average Bonchev–Trinajstić information content (AvgIpc) is 3.24. The molecule has 27 heavy (non-hydrogen) atoms. The van der Waals surface area contributed by atoms with Gasteiger partial charge in [-0.25, -0.2) is 19.3 Å². The summed E-state index contributed by atoms with van der Waals surface area (Å²) in [6.07, 6.45) is 7.56. The smallest absolute Gasteiger partial charge is 0.225 e. The predicted octanol–water partition coefficient (Wildman–Crippen LogP) is 3.01. The van der Waals surface area contributed by atoms with Crippen molar-refractivity contribution in [1.29, 1.82) is 0 Å². The standard InChI is InChI=1S/C20H23FN6/c21-16-11-17(26-19(12-16)18-3-1-6-23-18)14-22-13-15-4-9-27(10-5-15)20-24-7-2-8-25-20/h1-3,6-8,11-12,15,22-23H,4-5,9-10,13-14H2. The Morgan fingerprint density at radius 1 is 1.15 bits per heavy atom. The van der Waals surface area contributed by atoms with Crippen LogP contribution in [0.15, 0.2) is 48.9 Å². The van der Waals surface area contributed by atoms with E-state index in [4.69, 9.17) is 0 Å². The van der Waals surface area contributed by atoms with Crippen LogP contribution in [0.4, 0.5) is 10.3 Å². The molecule has 1 saturated heterocycles. The van der Waals surface area contributed by atoms with Crippen LogP contribution >= 0.6 is 0 Å². The van der Waals surface area contributed by atoms with Crippen molar-refractivity contribution < 1.29 is 4.39 Å². The van der Waals surface area contributed by atoms with Crippen LogP contribution in [0.1, 0.15) is 18.5 Å². The van der Waals surface area contributed by atoms with E-state index in [-0.39, 0.29) is 5.82 Å². The third-order valence-electron chi connectivity index (χ3n) is 4.91. The first-order chi connectivity index (χ1) is 13.3. The Balaban J connectivity index is 1.27. The Labute approximate surface area is 157 Å². The molecule has 4 rings (SSSR count). The number of hydrogen-bond donors (Lipinski definition) is 2. The number of H-pyrrole nitrogens is 1. The summed E-state index contributed by atoms with van der Waals surface area (Å²) in [5.74, 6) is 1.15. The second kappa shape index (κ2) is 8.26. The molecule has 0 bridgehead atoms. The van der Waals surface area contributed by atoms with E-state index in [9.17, 15) is 4.39 Å². The van der Waals surface area contributed by atoms with Crippen LogP contribution in [-0.4, -0.2) is 39.6 Å². The zero-order valence-electron chi connectivity index (χ0n) is 15.1. The molecular weight excluding hydrogens is 343 g/mol. The summed E-state index contributed by atoms with van der Waals surface area (Å²) in [5.41, 5.74) is 2.17. The molecule has 6 nitrogen and oxygen atoms in total. The van der Waals surface area contributed by atoms with Crippen molar-refractivity contribution in [2.75, 3.05) is 24.5 Å². The van der Waals surface area contributed by atoms with E-state index in [1.165, 1.54) is 12.1 Å². The van der Waals surface area contributed by atoms with Gasteiger partial charge in [0.25, 0.3) is 0 Å². The van der Waals surface area contributed by atoms with E-state index >= 15 is 0 Å². The summed E-state index contributed by atoms with van der Waals surface area (Å²) < 4.78 is 13.9. The van der Waals surface area contributed by atoms with Crippen LogP contribution in [0, 0.1) is 11.7 Å². The maximum atomic E-state index is 13.9. The quantitative estimate of drug-likeness (QED) is 0.702. The van der Waals surface area contributed by atoms with Crippen molar-refractivity contribution in [2.45, 2.75) is 19.4 Å². The summed E-state index contributed by atoms with van der Waals surface area (Å²) >= 11 is 0. The number of nitrogens with zero attached hydrogens (tertiary/aromatic N) is 4. The molecule has 0 aliphatic carbocycles. The molecule has 0 saturated carbocycles. The fourth-order valence-electron chi connectivity index (χ4n) is 3.46. The monoisotopic (exact) mass is 366 g/mol. The molecule has 1 aliphatic rings. The normalized spacial score (nSPS) is 15.2. The van der Waals surface area contributed by atoms with Crippen LogP contribution < -0.4 is 10.2 Å². The van der Waals surface area contributed by atoms with Gasteiger partial charge in [0.05, 0.1) is 17.1 Å². The van der Waals surface area contributed by atoms with E-state index in [0.29, 0.717) is 18.2 Å². The van der Waals surface area contributed by atoms with Gasteiger partial charge in [-0.3, -0.25) is 0 Å². The number of anilines is 1. The number of halogens is 1. The number of nitrogens with one attached hydrogen (secondary N) is 2. The summed E-state index contributed by atoms with van der Waals surface area (Å²) in [5, 5.41) is 3.44. The zero-order chi connectivity index (χ0) is 18.5. The SMILES string of the molecule is Fc1cc(CNCC2CCN(c3ncccn3)CC2)nc(-c2ccc[nH]2)c1. The Bertz CT molecular complexity index is 844. The number of aromatic nitrogens is 4. The minimum atomic E-state index is -0.262. The molecule has 7 heteroatoms. The Morgan fingerprint density at radius 2 is 1.96 bits per heavy atom. The van der Waals surface area contributed by atoms with Gasteiger partial charge < -0.3 is 15.2 Å². The van der Waals surface area contributed by atoms with Crippen LogP contribution in [0.2, 0.25) is 0 Å². The van der Waals surface area contributed by atoms with Crippen molar-refractivity contribution in [3.63, 3.8) is 0 Å². The van der Waals surface area contributed by atoms with E-state index in [2.05, 4.69) is 30.2 Å². The molecule has 0 radical (unpaired) electrons. The van der Waals surface area contributed by atoms with E-state index < -0.39 is 0 Å². The minimum Gasteiger partial charge on any atom is -0.360 e. The first-order valence-corrected chi connectivity index (χ1v) is 9.31. The zero-order valence-corrected chi connectivity index (χ0v) is 15.1. The van der Waals surface area contributed by atoms with Gasteiger partial charge in [-0.2, -0.15) is 0 Å². The van der Waals surface area contributed by atoms with Gasteiger partial charge in [0.1, 0.15) is 5.82 Å². The molecule has 0 atom stereocenters. The molecular formula is C20H23FN6. The summed E-state index contributed by atoms with van der Waals surface area (Å²) in [7, 11) is 0. The topological polar surface area (TPSA) is 69.7 Å². The van der Waals surface area contributed by atoms with Gasteiger partial charge in [0.15, 0.2) is 0 Å². The molecule has 140 valence electrons. The Morgan fingerprint density at radius 3 is 2.70 bits per heavy atom. The summed E-state index contributed by atoms with van der Waals surface area (Å²) in [6.45, 7) is 3.39. The average molecular weight is 366 g/mol. The van der Waals surface area contributed by atoms with Gasteiger partial charge >= 0.3 is 0 Å². The molecule has 0 aromatic carbocycles. The predicted molar refractivity (Wildman–Crippen MR) is 103 cm³/mol. The number of pyridine rings is 1. The highest BCUT2D eigenvalue weighted by Crippen LogP contribution is 2.20. The molecule has 1 fully saturated rings. The van der Waals surface area contributed by atoms with E-state index in [0.717, 1.165) is 49.8 Å². The molecule has 1 aliphatic heterocycles. The van der Waals surface area contributed by atoms with Crippen molar-refractivity contribution in [3.05, 3.63) is 60.4 Å². The Hall–Kier alpha value is -2.80. The minimum absolute atomic E-state index is 0.262. The number of rotatable bonds is 6. The lowest BCUT2D eigenvalue weighted by atomic mass is 9.97. The molecule has 0 unspecified atom stereocenters. The van der Waals surface area contributed by atoms with Crippen LogP contribution in [0.3, 0.4) is 0 Å². The third kappa shape index (κ3) is 4.49. The van der Waals surface area contributed by atoms with E-state index in [1.807, 2.05) is 24.4 Å². The lowest BCUT2D eigenvalue weighted by Crippen LogP contribution is -2.38. The lowest BCUT2D eigenvalue weighted by molar-refractivity contribution is 0.379. The molecule has 3 aromatic rings. The van der Waals surface area contributed by atoms with Gasteiger partial charge in [-0.1, -0.05) is 0 Å². The van der Waals surface area contributed by atoms with Crippen molar-refractivity contribution in [3.8, 4) is 11.4 Å². The maximum absolute atomic E-state index is 13.9. The molecule has 2 N–H and O–H groups in total.